The van der Waals surface area contributed by atoms with Gasteiger partial charge in [-0.15, -0.1) is 11.3 Å². The summed E-state index contributed by atoms with van der Waals surface area (Å²) < 4.78 is 5.35. The summed E-state index contributed by atoms with van der Waals surface area (Å²) in [5.74, 6) is 7.64. The lowest BCUT2D eigenvalue weighted by Gasteiger charge is -2.37. The van der Waals surface area contributed by atoms with Crippen LogP contribution in [-0.4, -0.2) is 58.4 Å². The zero-order valence-corrected chi connectivity index (χ0v) is 19.1. The Labute approximate surface area is 192 Å². The Balaban J connectivity index is 1.35. The topological polar surface area (TPSA) is 78.7 Å². The largest absolute Gasteiger partial charge is 0.497 e. The van der Waals surface area contributed by atoms with E-state index in [9.17, 15) is 10.2 Å². The number of fused-ring (bicyclic) bond motifs is 1. The number of thiazole rings is 1. The van der Waals surface area contributed by atoms with E-state index in [1.807, 2.05) is 29.6 Å². The Kier molecular flexibility index (Phi) is 7.72. The third-order valence-corrected chi connectivity index (χ3v) is 6.90. The third kappa shape index (κ3) is 5.45. The van der Waals surface area contributed by atoms with Crippen molar-refractivity contribution in [3.63, 3.8) is 0 Å². The minimum absolute atomic E-state index is 0.159. The molecule has 0 saturated carbocycles. The molecule has 3 atom stereocenters. The van der Waals surface area contributed by atoms with Gasteiger partial charge in [0, 0.05) is 30.1 Å². The highest BCUT2D eigenvalue weighted by molar-refractivity contribution is 7.07. The van der Waals surface area contributed by atoms with Crippen LogP contribution in [0.2, 0.25) is 0 Å². The maximum atomic E-state index is 11.0. The predicted octanol–water partition coefficient (Wildman–Crippen LogP) is 3.50. The molecule has 0 bridgehead atoms. The molecule has 168 valence electrons. The number of hydrogen-bond acceptors (Lipinski definition) is 7. The summed E-state index contributed by atoms with van der Waals surface area (Å²) in [5.41, 5.74) is 4.34. The minimum Gasteiger partial charge on any atom is -0.497 e. The van der Waals surface area contributed by atoms with Crippen molar-refractivity contribution < 1.29 is 14.9 Å². The Hall–Kier alpha value is -2.50. The van der Waals surface area contributed by atoms with Crippen LogP contribution in [0.1, 0.15) is 36.6 Å². The second-order valence-corrected chi connectivity index (χ2v) is 9.00. The monoisotopic (exact) mass is 451 g/mol. The Bertz CT molecular complexity index is 1080. The number of aliphatic hydroxyl groups is 2. The molecule has 0 unspecified atom stereocenters. The third-order valence-electron chi connectivity index (χ3n) is 6.31. The van der Waals surface area contributed by atoms with Crippen LogP contribution in [-0.2, 0) is 0 Å². The lowest BCUT2D eigenvalue weighted by atomic mass is 9.81. The van der Waals surface area contributed by atoms with E-state index < -0.39 is 6.10 Å². The molecule has 1 aromatic carbocycles. The number of benzene rings is 1. The summed E-state index contributed by atoms with van der Waals surface area (Å²) in [6.07, 6.45) is 3.70. The van der Waals surface area contributed by atoms with E-state index >= 15 is 0 Å². The van der Waals surface area contributed by atoms with Gasteiger partial charge in [-0.3, -0.25) is 9.88 Å². The van der Waals surface area contributed by atoms with Crippen molar-refractivity contribution in [2.45, 2.75) is 25.4 Å². The van der Waals surface area contributed by atoms with Crippen LogP contribution in [0.15, 0.2) is 41.4 Å². The molecule has 7 heteroatoms. The maximum absolute atomic E-state index is 11.0. The molecule has 3 heterocycles. The van der Waals surface area contributed by atoms with E-state index in [0.717, 1.165) is 53.8 Å². The van der Waals surface area contributed by atoms with Crippen LogP contribution < -0.4 is 4.74 Å². The van der Waals surface area contributed by atoms with Gasteiger partial charge in [0.25, 0.3) is 0 Å². The molecular formula is C25H29N3O3S. The SMILES string of the molecule is COc1ccc2nccc([C@H](O)CC[C@@H]3CCN(CC#Cc4cscn4)C[C@@H]3CO)c2c1. The molecule has 32 heavy (non-hydrogen) atoms. The highest BCUT2D eigenvalue weighted by Gasteiger charge is 2.29. The number of piperidine rings is 1. The smallest absolute Gasteiger partial charge is 0.124 e. The van der Waals surface area contributed by atoms with Gasteiger partial charge in [-0.05, 0) is 73.4 Å². The van der Waals surface area contributed by atoms with Gasteiger partial charge in [-0.1, -0.05) is 5.92 Å². The number of aliphatic hydroxyl groups excluding tert-OH is 2. The number of methoxy groups -OCH3 is 1. The lowest BCUT2D eigenvalue weighted by Crippen LogP contribution is -2.42. The molecule has 4 rings (SSSR count). The number of aromatic nitrogens is 2. The summed E-state index contributed by atoms with van der Waals surface area (Å²) in [7, 11) is 1.64. The Morgan fingerprint density at radius 3 is 2.97 bits per heavy atom. The van der Waals surface area contributed by atoms with E-state index in [1.165, 1.54) is 0 Å². The second-order valence-electron chi connectivity index (χ2n) is 8.28. The normalized spacial score (nSPS) is 20.0. The highest BCUT2D eigenvalue weighted by atomic mass is 32.1. The Morgan fingerprint density at radius 2 is 2.19 bits per heavy atom. The minimum atomic E-state index is -0.575. The van der Waals surface area contributed by atoms with Crippen molar-refractivity contribution in [2.75, 3.05) is 33.4 Å². The first kappa shape index (κ1) is 22.7. The van der Waals surface area contributed by atoms with Gasteiger partial charge in [0.1, 0.15) is 11.4 Å². The number of ether oxygens (including phenoxy) is 1. The fraction of sp³-hybridized carbons (Fsp3) is 0.440. The Morgan fingerprint density at radius 1 is 1.28 bits per heavy atom. The van der Waals surface area contributed by atoms with Gasteiger partial charge in [0.05, 0.1) is 30.8 Å². The average molecular weight is 452 g/mol. The molecule has 0 spiro atoms. The molecule has 2 aromatic heterocycles. The molecule has 1 fully saturated rings. The first-order chi connectivity index (χ1) is 15.7. The molecule has 2 N–H and O–H groups in total. The fourth-order valence-electron chi connectivity index (χ4n) is 4.49. The average Bonchev–Trinajstić information content (AvgIpc) is 3.35. The quantitative estimate of drug-likeness (QED) is 0.536. The van der Waals surface area contributed by atoms with E-state index in [0.29, 0.717) is 18.9 Å². The molecule has 0 amide bonds. The van der Waals surface area contributed by atoms with Crippen molar-refractivity contribution in [1.82, 2.24) is 14.9 Å². The van der Waals surface area contributed by atoms with Gasteiger partial charge >= 0.3 is 0 Å². The van der Waals surface area contributed by atoms with E-state index in [1.54, 1.807) is 30.2 Å². The van der Waals surface area contributed by atoms with Crippen LogP contribution in [0.3, 0.4) is 0 Å². The van der Waals surface area contributed by atoms with Crippen LogP contribution in [0, 0.1) is 23.7 Å². The highest BCUT2D eigenvalue weighted by Crippen LogP contribution is 2.33. The van der Waals surface area contributed by atoms with Gasteiger partial charge in [0.15, 0.2) is 0 Å². The van der Waals surface area contributed by atoms with Crippen LogP contribution in [0.5, 0.6) is 5.75 Å². The van der Waals surface area contributed by atoms with Gasteiger partial charge in [-0.2, -0.15) is 0 Å². The van der Waals surface area contributed by atoms with Crippen LogP contribution in [0.4, 0.5) is 0 Å². The van der Waals surface area contributed by atoms with Gasteiger partial charge < -0.3 is 14.9 Å². The standard InChI is InChI=1S/C25H29N3O3S/c1-31-21-5-6-24-23(13-21)22(8-10-26-24)25(30)7-4-18-9-12-28(14-19(18)15-29)11-2-3-20-16-32-17-27-20/h5-6,8,10,13,16-19,25,29-30H,4,7,9,11-12,14-15H2,1H3/t18-,19-,25-/m1/s1. The number of hydrogen-bond donors (Lipinski definition) is 2. The molecule has 0 aliphatic carbocycles. The number of likely N-dealkylation sites (tertiary alicyclic amines) is 1. The van der Waals surface area contributed by atoms with Gasteiger partial charge in [0.2, 0.25) is 0 Å². The van der Waals surface area contributed by atoms with Crippen molar-refractivity contribution >= 4 is 22.2 Å². The van der Waals surface area contributed by atoms with Gasteiger partial charge in [-0.25, -0.2) is 4.98 Å². The maximum Gasteiger partial charge on any atom is 0.124 e. The zero-order valence-electron chi connectivity index (χ0n) is 18.3. The van der Waals surface area contributed by atoms with Crippen molar-refractivity contribution in [3.05, 3.63) is 52.6 Å². The number of nitrogens with zero attached hydrogens (tertiary/aromatic N) is 3. The lowest BCUT2D eigenvalue weighted by molar-refractivity contribution is 0.0640. The summed E-state index contributed by atoms with van der Waals surface area (Å²) in [6, 6.07) is 7.62. The van der Waals surface area contributed by atoms with Crippen LogP contribution in [0.25, 0.3) is 10.9 Å². The molecule has 1 aliphatic rings. The summed E-state index contributed by atoms with van der Waals surface area (Å²) in [5, 5.41) is 23.8. The molecule has 1 saturated heterocycles. The number of pyridine rings is 1. The zero-order chi connectivity index (χ0) is 22.3. The molecule has 3 aromatic rings. The fourth-order valence-corrected chi connectivity index (χ4v) is 4.98. The molecular weight excluding hydrogens is 422 g/mol. The molecule has 6 nitrogen and oxygen atoms in total. The van der Waals surface area contributed by atoms with Crippen molar-refractivity contribution in [3.8, 4) is 17.6 Å². The van der Waals surface area contributed by atoms with Crippen molar-refractivity contribution in [2.24, 2.45) is 11.8 Å². The van der Waals surface area contributed by atoms with E-state index in [4.69, 9.17) is 4.74 Å². The summed E-state index contributed by atoms with van der Waals surface area (Å²) in [4.78, 5) is 10.9. The first-order valence-electron chi connectivity index (χ1n) is 11.0. The van der Waals surface area contributed by atoms with E-state index in [2.05, 4.69) is 26.7 Å². The summed E-state index contributed by atoms with van der Waals surface area (Å²) >= 11 is 1.55. The summed E-state index contributed by atoms with van der Waals surface area (Å²) in [6.45, 7) is 2.64. The second kappa shape index (κ2) is 10.9. The molecule has 1 aliphatic heterocycles. The van der Waals surface area contributed by atoms with Crippen molar-refractivity contribution in [1.29, 1.82) is 0 Å². The predicted molar refractivity (Wildman–Crippen MR) is 127 cm³/mol. The molecule has 0 radical (unpaired) electrons. The first-order valence-corrected chi connectivity index (χ1v) is 11.9. The van der Waals surface area contributed by atoms with E-state index in [-0.39, 0.29) is 12.5 Å². The van der Waals surface area contributed by atoms with Crippen LogP contribution >= 0.6 is 11.3 Å². The number of rotatable bonds is 7.